The standard InChI is InChI=1S/C26H30F3NO4/c1-15(2)12-30(13-16(3)4)14-20-21(31)11-10-19-22(32)24(25(26(27,28)29)34-23(19)20)33-18-8-6-17(5)7-9-18/h6-11,15-16,31H,12-14H2,1-5H3. The van der Waals surface area contributed by atoms with Gasteiger partial charge >= 0.3 is 6.18 Å². The molecule has 0 aliphatic heterocycles. The summed E-state index contributed by atoms with van der Waals surface area (Å²) >= 11 is 0. The fraction of sp³-hybridized carbons (Fsp3) is 0.423. The van der Waals surface area contributed by atoms with Crippen LogP contribution in [-0.4, -0.2) is 23.1 Å². The van der Waals surface area contributed by atoms with E-state index in [1.165, 1.54) is 24.3 Å². The number of halogens is 3. The summed E-state index contributed by atoms with van der Waals surface area (Å²) in [5.74, 6) is -2.01. The lowest BCUT2D eigenvalue weighted by Crippen LogP contribution is -2.31. The van der Waals surface area contributed by atoms with Crippen molar-refractivity contribution in [2.45, 2.75) is 47.3 Å². The van der Waals surface area contributed by atoms with Crippen LogP contribution in [0.2, 0.25) is 0 Å². The monoisotopic (exact) mass is 477 g/mol. The minimum Gasteiger partial charge on any atom is -0.507 e. The number of phenolic OH excluding ortho intramolecular Hbond substituents is 1. The van der Waals surface area contributed by atoms with Crippen LogP contribution in [0, 0.1) is 18.8 Å². The molecule has 3 rings (SSSR count). The molecule has 3 aromatic rings. The first-order chi connectivity index (χ1) is 15.9. The fourth-order valence-corrected chi connectivity index (χ4v) is 3.90. The number of aromatic hydroxyl groups is 1. The molecule has 0 spiro atoms. The average molecular weight is 478 g/mol. The third-order valence-corrected chi connectivity index (χ3v) is 5.22. The van der Waals surface area contributed by atoms with Crippen molar-refractivity contribution in [2.75, 3.05) is 13.1 Å². The lowest BCUT2D eigenvalue weighted by atomic mass is 10.1. The lowest BCUT2D eigenvalue weighted by Gasteiger charge is -2.26. The third-order valence-electron chi connectivity index (χ3n) is 5.22. The van der Waals surface area contributed by atoms with Gasteiger partial charge in [-0.05, 0) is 43.0 Å². The van der Waals surface area contributed by atoms with Gasteiger partial charge in [-0.15, -0.1) is 0 Å². The Morgan fingerprint density at radius 2 is 1.59 bits per heavy atom. The van der Waals surface area contributed by atoms with Gasteiger partial charge in [-0.2, -0.15) is 13.2 Å². The maximum atomic E-state index is 14.0. The molecule has 0 saturated heterocycles. The normalized spacial score (nSPS) is 12.3. The fourth-order valence-electron chi connectivity index (χ4n) is 3.90. The predicted molar refractivity (Wildman–Crippen MR) is 125 cm³/mol. The van der Waals surface area contributed by atoms with E-state index in [2.05, 4.69) is 0 Å². The molecule has 1 aromatic heterocycles. The first-order valence-electron chi connectivity index (χ1n) is 11.2. The number of hydrogen-bond acceptors (Lipinski definition) is 5. The van der Waals surface area contributed by atoms with E-state index >= 15 is 0 Å². The first-order valence-corrected chi connectivity index (χ1v) is 11.2. The van der Waals surface area contributed by atoms with Gasteiger partial charge in [0.15, 0.2) is 0 Å². The van der Waals surface area contributed by atoms with Crippen molar-refractivity contribution in [1.82, 2.24) is 4.90 Å². The summed E-state index contributed by atoms with van der Waals surface area (Å²) in [4.78, 5) is 15.2. The third kappa shape index (κ3) is 5.91. The van der Waals surface area contributed by atoms with Crippen molar-refractivity contribution >= 4 is 11.0 Å². The number of fused-ring (bicyclic) bond motifs is 1. The van der Waals surface area contributed by atoms with Gasteiger partial charge < -0.3 is 14.3 Å². The van der Waals surface area contributed by atoms with Crippen LogP contribution < -0.4 is 10.2 Å². The summed E-state index contributed by atoms with van der Waals surface area (Å²) < 4.78 is 52.6. The minimum absolute atomic E-state index is 0.0850. The Bertz CT molecular complexity index is 1190. The highest BCUT2D eigenvalue weighted by atomic mass is 19.4. The van der Waals surface area contributed by atoms with Gasteiger partial charge in [0.05, 0.1) is 10.9 Å². The summed E-state index contributed by atoms with van der Waals surface area (Å²) in [6.07, 6.45) is -4.98. The molecular formula is C26H30F3NO4. The number of alkyl halides is 3. The molecule has 0 amide bonds. The minimum atomic E-state index is -4.98. The van der Waals surface area contributed by atoms with Crippen LogP contribution >= 0.6 is 0 Å². The lowest BCUT2D eigenvalue weighted by molar-refractivity contribution is -0.154. The number of benzene rings is 2. The van der Waals surface area contributed by atoms with Crippen LogP contribution in [0.5, 0.6) is 17.2 Å². The Hall–Kier alpha value is -3.00. The van der Waals surface area contributed by atoms with E-state index in [4.69, 9.17) is 9.15 Å². The second-order valence-electron chi connectivity index (χ2n) is 9.42. The van der Waals surface area contributed by atoms with Gasteiger partial charge in [0, 0.05) is 19.6 Å². The molecule has 0 fully saturated rings. The topological polar surface area (TPSA) is 62.9 Å². The van der Waals surface area contributed by atoms with Crippen molar-refractivity contribution in [3.63, 3.8) is 0 Å². The van der Waals surface area contributed by atoms with Crippen molar-refractivity contribution in [2.24, 2.45) is 11.8 Å². The molecular weight excluding hydrogens is 447 g/mol. The van der Waals surface area contributed by atoms with Crippen LogP contribution in [0.3, 0.4) is 0 Å². The van der Waals surface area contributed by atoms with Gasteiger partial charge in [-0.25, -0.2) is 0 Å². The van der Waals surface area contributed by atoms with Crippen LogP contribution in [0.4, 0.5) is 13.2 Å². The molecule has 0 saturated carbocycles. The molecule has 184 valence electrons. The zero-order valence-corrected chi connectivity index (χ0v) is 20.0. The molecule has 0 aliphatic carbocycles. The van der Waals surface area contributed by atoms with E-state index < -0.39 is 23.1 Å². The molecule has 8 heteroatoms. The second-order valence-corrected chi connectivity index (χ2v) is 9.42. The molecule has 1 heterocycles. The zero-order chi connectivity index (χ0) is 25.2. The molecule has 0 bridgehead atoms. The second kappa shape index (κ2) is 10.1. The maximum absolute atomic E-state index is 14.0. The van der Waals surface area contributed by atoms with Crippen molar-refractivity contribution in [1.29, 1.82) is 0 Å². The molecule has 0 aliphatic rings. The highest BCUT2D eigenvalue weighted by Gasteiger charge is 2.41. The summed E-state index contributed by atoms with van der Waals surface area (Å²) in [5.41, 5.74) is -0.203. The van der Waals surface area contributed by atoms with Crippen LogP contribution in [-0.2, 0) is 12.7 Å². The highest BCUT2D eigenvalue weighted by Crippen LogP contribution is 2.40. The SMILES string of the molecule is Cc1ccc(Oc2c(C(F)(F)F)oc3c(CN(CC(C)C)CC(C)C)c(O)ccc3c2=O)cc1. The van der Waals surface area contributed by atoms with E-state index in [1.54, 1.807) is 12.1 Å². The van der Waals surface area contributed by atoms with E-state index in [0.717, 1.165) is 5.56 Å². The summed E-state index contributed by atoms with van der Waals surface area (Å²) in [7, 11) is 0. The van der Waals surface area contributed by atoms with Gasteiger partial charge in [0.2, 0.25) is 11.2 Å². The van der Waals surface area contributed by atoms with Gasteiger partial charge in [-0.3, -0.25) is 9.69 Å². The van der Waals surface area contributed by atoms with Crippen LogP contribution in [0.15, 0.2) is 45.6 Å². The number of rotatable bonds is 8. The maximum Gasteiger partial charge on any atom is 0.453 e. The Labute approximate surface area is 196 Å². The van der Waals surface area contributed by atoms with Crippen molar-refractivity contribution < 1.29 is 27.4 Å². The average Bonchev–Trinajstić information content (AvgIpc) is 2.71. The molecule has 0 atom stereocenters. The molecule has 1 N–H and O–H groups in total. The molecule has 34 heavy (non-hydrogen) atoms. The molecule has 0 unspecified atom stereocenters. The number of nitrogens with zero attached hydrogens (tertiary/aromatic N) is 1. The Morgan fingerprint density at radius 3 is 2.12 bits per heavy atom. The number of aryl methyl sites for hydroxylation is 1. The van der Waals surface area contributed by atoms with Gasteiger partial charge in [-0.1, -0.05) is 45.4 Å². The van der Waals surface area contributed by atoms with E-state index in [-0.39, 0.29) is 34.6 Å². The zero-order valence-electron chi connectivity index (χ0n) is 20.0. The van der Waals surface area contributed by atoms with Crippen molar-refractivity contribution in [3.8, 4) is 17.2 Å². The predicted octanol–water partition coefficient (Wildman–Crippen LogP) is 6.73. The Balaban J connectivity index is 2.19. The number of hydrogen-bond donors (Lipinski definition) is 1. The Morgan fingerprint density at radius 1 is 1.00 bits per heavy atom. The molecule has 5 nitrogen and oxygen atoms in total. The smallest absolute Gasteiger partial charge is 0.453 e. The van der Waals surface area contributed by atoms with E-state index in [1.807, 2.05) is 39.5 Å². The first kappa shape index (κ1) is 25.6. The summed E-state index contributed by atoms with van der Waals surface area (Å²) in [5, 5.41) is 10.5. The van der Waals surface area contributed by atoms with Crippen LogP contribution in [0.1, 0.15) is 44.6 Å². The van der Waals surface area contributed by atoms with Gasteiger partial charge in [0.1, 0.15) is 17.1 Å². The Kier molecular flexibility index (Phi) is 7.60. The summed E-state index contributed by atoms with van der Waals surface area (Å²) in [6.45, 7) is 11.4. The molecule has 2 aromatic carbocycles. The number of ether oxygens (including phenoxy) is 1. The van der Waals surface area contributed by atoms with Gasteiger partial charge in [0.25, 0.3) is 5.76 Å². The van der Waals surface area contributed by atoms with Crippen molar-refractivity contribution in [3.05, 3.63) is 63.5 Å². The van der Waals surface area contributed by atoms with Crippen LogP contribution in [0.25, 0.3) is 11.0 Å². The summed E-state index contributed by atoms with van der Waals surface area (Å²) in [6, 6.07) is 8.87. The highest BCUT2D eigenvalue weighted by molar-refractivity contribution is 5.83. The van der Waals surface area contributed by atoms with E-state index in [9.17, 15) is 23.1 Å². The van der Waals surface area contributed by atoms with E-state index in [0.29, 0.717) is 24.9 Å². The molecule has 0 radical (unpaired) electrons. The number of phenols is 1. The largest absolute Gasteiger partial charge is 0.507 e. The quantitative estimate of drug-likeness (QED) is 0.390.